The summed E-state index contributed by atoms with van der Waals surface area (Å²) in [5.41, 5.74) is 12.2. The molecule has 0 amide bonds. The molecule has 0 aliphatic rings. The number of hydrogen-bond acceptors (Lipinski definition) is 3. The summed E-state index contributed by atoms with van der Waals surface area (Å²) in [5, 5.41) is 6.96. The number of fused-ring (bicyclic) bond motifs is 9. The van der Waals surface area contributed by atoms with Gasteiger partial charge < -0.3 is 13.7 Å². The van der Waals surface area contributed by atoms with Gasteiger partial charge >= 0.3 is 0 Å². The Balaban J connectivity index is 1.27. The zero-order chi connectivity index (χ0) is 43.2. The molecular formula is C57H34Br2N6. The SMILES string of the molecule is Brc1ccc2c(c1)c1cc(Br)ccc1n2-c1c(-n2c3ccccc3c3ccccc32)cc(-c2nc(-c3ccccc3)nc(-c3ccccc3)n2)cc1-n1c2ccccc2c2ccccc21. The van der Waals surface area contributed by atoms with Crippen molar-refractivity contribution >= 4 is 97.3 Å². The van der Waals surface area contributed by atoms with Crippen LogP contribution in [0, 0.1) is 0 Å². The van der Waals surface area contributed by atoms with Gasteiger partial charge in [-0.15, -0.1) is 0 Å². The predicted octanol–water partition coefficient (Wildman–Crippen LogP) is 15.7. The Kier molecular flexibility index (Phi) is 8.73. The molecule has 4 heterocycles. The predicted molar refractivity (Wildman–Crippen MR) is 275 cm³/mol. The van der Waals surface area contributed by atoms with Crippen LogP contribution in [0.2, 0.25) is 0 Å². The number of benzene rings is 9. The van der Waals surface area contributed by atoms with Crippen molar-refractivity contribution in [3.05, 3.63) is 215 Å². The van der Waals surface area contributed by atoms with Crippen LogP contribution in [-0.2, 0) is 0 Å². The Morgan fingerprint density at radius 2 is 0.600 bits per heavy atom. The minimum absolute atomic E-state index is 0.573. The molecule has 65 heavy (non-hydrogen) atoms. The molecular weight excluding hydrogens is 928 g/mol. The lowest BCUT2D eigenvalue weighted by atomic mass is 10.1. The minimum Gasteiger partial charge on any atom is -0.307 e. The van der Waals surface area contributed by atoms with Gasteiger partial charge in [0.25, 0.3) is 0 Å². The fourth-order valence-electron chi connectivity index (χ4n) is 9.81. The maximum Gasteiger partial charge on any atom is 0.164 e. The van der Waals surface area contributed by atoms with Gasteiger partial charge in [0, 0.05) is 58.0 Å². The summed E-state index contributed by atoms with van der Waals surface area (Å²) in [6.45, 7) is 0. The highest BCUT2D eigenvalue weighted by Gasteiger charge is 2.27. The topological polar surface area (TPSA) is 53.5 Å². The molecule has 4 aromatic heterocycles. The Morgan fingerprint density at radius 1 is 0.277 bits per heavy atom. The van der Waals surface area contributed by atoms with E-state index in [-0.39, 0.29) is 0 Å². The Morgan fingerprint density at radius 3 is 0.985 bits per heavy atom. The second-order valence-electron chi connectivity index (χ2n) is 16.3. The fraction of sp³-hybridized carbons (Fsp3) is 0. The van der Waals surface area contributed by atoms with Crippen molar-refractivity contribution in [2.45, 2.75) is 0 Å². The number of halogens is 2. The van der Waals surface area contributed by atoms with Gasteiger partial charge in [-0.3, -0.25) is 0 Å². The van der Waals surface area contributed by atoms with Gasteiger partial charge in [0.1, 0.15) is 0 Å². The van der Waals surface area contributed by atoms with Gasteiger partial charge in [-0.2, -0.15) is 0 Å². The van der Waals surface area contributed by atoms with Crippen LogP contribution >= 0.6 is 31.9 Å². The largest absolute Gasteiger partial charge is 0.307 e. The highest BCUT2D eigenvalue weighted by atomic mass is 79.9. The van der Waals surface area contributed by atoms with E-state index in [0.29, 0.717) is 17.5 Å². The first-order chi connectivity index (χ1) is 32.1. The molecule has 0 radical (unpaired) electrons. The zero-order valence-corrected chi connectivity index (χ0v) is 37.7. The average Bonchev–Trinajstić information content (AvgIpc) is 3.99. The normalized spacial score (nSPS) is 11.8. The molecule has 6 nitrogen and oxygen atoms in total. The van der Waals surface area contributed by atoms with E-state index in [1.165, 1.54) is 21.5 Å². The smallest absolute Gasteiger partial charge is 0.164 e. The first-order valence-corrected chi connectivity index (χ1v) is 23.1. The lowest BCUT2D eigenvalue weighted by molar-refractivity contribution is 1.04. The lowest BCUT2D eigenvalue weighted by Crippen LogP contribution is -2.10. The molecule has 0 saturated carbocycles. The molecule has 0 atom stereocenters. The van der Waals surface area contributed by atoms with Crippen LogP contribution < -0.4 is 0 Å². The van der Waals surface area contributed by atoms with Gasteiger partial charge in [0.15, 0.2) is 17.5 Å². The van der Waals surface area contributed by atoms with Crippen molar-refractivity contribution in [1.82, 2.24) is 28.7 Å². The van der Waals surface area contributed by atoms with Crippen LogP contribution in [0.25, 0.3) is 117 Å². The maximum absolute atomic E-state index is 5.35. The van der Waals surface area contributed by atoms with Crippen LogP contribution in [0.1, 0.15) is 0 Å². The highest BCUT2D eigenvalue weighted by Crippen LogP contribution is 2.45. The van der Waals surface area contributed by atoms with Gasteiger partial charge in [-0.25, -0.2) is 15.0 Å². The molecule has 0 unspecified atom stereocenters. The minimum atomic E-state index is 0.573. The Labute approximate surface area is 390 Å². The molecule has 13 rings (SSSR count). The van der Waals surface area contributed by atoms with E-state index in [4.69, 9.17) is 15.0 Å². The second kappa shape index (κ2) is 15.0. The van der Waals surface area contributed by atoms with Crippen molar-refractivity contribution in [2.24, 2.45) is 0 Å². The van der Waals surface area contributed by atoms with E-state index in [2.05, 4.69) is 215 Å². The fourth-order valence-corrected chi connectivity index (χ4v) is 10.5. The van der Waals surface area contributed by atoms with Crippen molar-refractivity contribution in [1.29, 1.82) is 0 Å². The number of para-hydroxylation sites is 4. The summed E-state index contributed by atoms with van der Waals surface area (Å²) in [6, 6.07) is 73.1. The number of nitrogens with zero attached hydrogens (tertiary/aromatic N) is 6. The average molecular weight is 963 g/mol. The van der Waals surface area contributed by atoms with Gasteiger partial charge in [0.2, 0.25) is 0 Å². The van der Waals surface area contributed by atoms with E-state index in [9.17, 15) is 0 Å². The maximum atomic E-state index is 5.35. The van der Waals surface area contributed by atoms with E-state index in [1.54, 1.807) is 0 Å². The van der Waals surface area contributed by atoms with Crippen LogP contribution in [-0.4, -0.2) is 28.7 Å². The van der Waals surface area contributed by atoms with Crippen LogP contribution in [0.15, 0.2) is 215 Å². The third kappa shape index (κ3) is 6.02. The summed E-state index contributed by atoms with van der Waals surface area (Å²) in [7, 11) is 0. The molecule has 0 aliphatic carbocycles. The van der Waals surface area contributed by atoms with Crippen LogP contribution in [0.5, 0.6) is 0 Å². The van der Waals surface area contributed by atoms with Crippen LogP contribution in [0.4, 0.5) is 0 Å². The van der Waals surface area contributed by atoms with Gasteiger partial charge in [-0.05, 0) is 72.8 Å². The molecule has 306 valence electrons. The molecule has 0 bridgehead atoms. The molecule has 0 N–H and O–H groups in total. The first-order valence-electron chi connectivity index (χ1n) is 21.5. The van der Waals surface area contributed by atoms with Crippen molar-refractivity contribution in [3.63, 3.8) is 0 Å². The van der Waals surface area contributed by atoms with E-state index < -0.39 is 0 Å². The third-order valence-corrected chi connectivity index (χ3v) is 13.6. The summed E-state index contributed by atoms with van der Waals surface area (Å²) >= 11 is 7.67. The second-order valence-corrected chi connectivity index (χ2v) is 18.1. The summed E-state index contributed by atoms with van der Waals surface area (Å²) in [4.78, 5) is 15.8. The molecule has 13 aromatic rings. The molecule has 0 saturated heterocycles. The van der Waals surface area contributed by atoms with Crippen molar-refractivity contribution < 1.29 is 0 Å². The van der Waals surface area contributed by atoms with Crippen molar-refractivity contribution in [2.75, 3.05) is 0 Å². The Bertz CT molecular complexity index is 3680. The van der Waals surface area contributed by atoms with Gasteiger partial charge in [-0.1, -0.05) is 165 Å². The number of aromatic nitrogens is 6. The summed E-state index contributed by atoms with van der Waals surface area (Å²) in [6.07, 6.45) is 0. The molecule has 0 aliphatic heterocycles. The number of hydrogen-bond donors (Lipinski definition) is 0. The summed E-state index contributed by atoms with van der Waals surface area (Å²) < 4.78 is 9.37. The van der Waals surface area contributed by atoms with E-state index >= 15 is 0 Å². The quantitative estimate of drug-likeness (QED) is 0.167. The number of rotatable bonds is 6. The van der Waals surface area contributed by atoms with Crippen LogP contribution in [0.3, 0.4) is 0 Å². The molecule has 8 heteroatoms. The van der Waals surface area contributed by atoms with E-state index in [0.717, 1.165) is 86.6 Å². The summed E-state index contributed by atoms with van der Waals surface area (Å²) in [5.74, 6) is 1.78. The Hall–Kier alpha value is -7.65. The molecule has 0 fully saturated rings. The molecule has 0 spiro atoms. The first kappa shape index (κ1) is 37.9. The monoisotopic (exact) mass is 960 g/mol. The zero-order valence-electron chi connectivity index (χ0n) is 34.6. The van der Waals surface area contributed by atoms with E-state index in [1.807, 2.05) is 36.4 Å². The van der Waals surface area contributed by atoms with Gasteiger partial charge in [0.05, 0.1) is 50.2 Å². The molecule has 9 aromatic carbocycles. The lowest BCUT2D eigenvalue weighted by Gasteiger charge is -2.23. The standard InChI is InChI=1S/C57H34Br2N6/c58-38-27-29-50-44(33-38)45-34-39(59)28-30-51(45)65(50)54-52(63-46-23-11-7-19-40(46)41-20-8-12-24-47(41)63)31-37(32-53(54)64-48-25-13-9-21-42(48)43-22-10-14-26-49(43)64)57-61-55(35-15-3-1-4-16-35)60-56(62-57)36-17-5-2-6-18-36/h1-34H. The highest BCUT2D eigenvalue weighted by molar-refractivity contribution is 9.10. The third-order valence-electron chi connectivity index (χ3n) is 12.6. The van der Waals surface area contributed by atoms with Crippen molar-refractivity contribution in [3.8, 4) is 51.2 Å².